The van der Waals surface area contributed by atoms with Crippen molar-refractivity contribution in [1.82, 2.24) is 0 Å². The summed E-state index contributed by atoms with van der Waals surface area (Å²) in [5, 5.41) is 8.96. The fourth-order valence-corrected chi connectivity index (χ4v) is 1.65. The summed E-state index contributed by atoms with van der Waals surface area (Å²) in [4.78, 5) is 0. The number of hydrogen-bond acceptors (Lipinski definition) is 3. The molecule has 0 saturated heterocycles. The maximum absolute atomic E-state index is 8.74. The van der Waals surface area contributed by atoms with Gasteiger partial charge in [0.15, 0.2) is 8.32 Å². The van der Waals surface area contributed by atoms with Crippen LogP contribution >= 0.6 is 0 Å². The van der Waals surface area contributed by atoms with Crippen LogP contribution in [0.4, 0.5) is 0 Å². The summed E-state index contributed by atoms with van der Waals surface area (Å²) >= 11 is 0. The Morgan fingerprint density at radius 3 is 2.15 bits per heavy atom. The van der Waals surface area contributed by atoms with Gasteiger partial charge in [-0.2, -0.15) is 0 Å². The van der Waals surface area contributed by atoms with E-state index >= 15 is 0 Å². The maximum Gasteiger partial charge on any atom is 0.192 e. The summed E-state index contributed by atoms with van der Waals surface area (Å²) in [5.74, 6) is 0. The summed E-state index contributed by atoms with van der Waals surface area (Å²) in [7, 11) is -1.68. The van der Waals surface area contributed by atoms with E-state index in [1.54, 1.807) is 0 Å². The van der Waals surface area contributed by atoms with Crippen LogP contribution in [-0.2, 0) is 4.43 Å². The first kappa shape index (κ1) is 13.1. The van der Waals surface area contributed by atoms with Crippen LogP contribution in [0.25, 0.3) is 0 Å². The molecule has 0 aliphatic carbocycles. The van der Waals surface area contributed by atoms with E-state index in [9.17, 15) is 0 Å². The van der Waals surface area contributed by atoms with E-state index in [-0.39, 0.29) is 17.7 Å². The van der Waals surface area contributed by atoms with E-state index in [0.717, 1.165) is 0 Å². The number of hydrogen-bond donors (Lipinski definition) is 2. The lowest BCUT2D eigenvalue weighted by atomic mass is 10.2. The molecular weight excluding hydrogens is 182 g/mol. The summed E-state index contributed by atoms with van der Waals surface area (Å²) in [6.07, 6.45) is 0. The second kappa shape index (κ2) is 4.55. The summed E-state index contributed by atoms with van der Waals surface area (Å²) in [6, 6.07) is -0.242. The Bertz CT molecular complexity index is 154. The molecule has 1 atom stereocenters. The molecule has 0 aliphatic heterocycles. The first-order valence-electron chi connectivity index (χ1n) is 4.71. The van der Waals surface area contributed by atoms with E-state index in [1.807, 2.05) is 0 Å². The van der Waals surface area contributed by atoms with Crippen molar-refractivity contribution >= 4 is 8.32 Å². The lowest BCUT2D eigenvalue weighted by molar-refractivity contribution is 0.196. The van der Waals surface area contributed by atoms with Crippen LogP contribution in [0, 0.1) is 0 Å². The van der Waals surface area contributed by atoms with Crippen LogP contribution in [0.5, 0.6) is 0 Å². The zero-order valence-electron chi connectivity index (χ0n) is 9.42. The Morgan fingerprint density at radius 1 is 1.38 bits per heavy atom. The van der Waals surface area contributed by atoms with Crippen molar-refractivity contribution in [2.24, 2.45) is 5.73 Å². The van der Waals surface area contributed by atoms with Gasteiger partial charge in [-0.25, -0.2) is 0 Å². The van der Waals surface area contributed by atoms with Crippen LogP contribution < -0.4 is 5.73 Å². The Morgan fingerprint density at radius 2 is 1.85 bits per heavy atom. The van der Waals surface area contributed by atoms with Gasteiger partial charge in [0.1, 0.15) is 0 Å². The van der Waals surface area contributed by atoms with Crippen molar-refractivity contribution < 1.29 is 9.53 Å². The highest BCUT2D eigenvalue weighted by atomic mass is 28.4. The quantitative estimate of drug-likeness (QED) is 0.681. The van der Waals surface area contributed by atoms with Crippen LogP contribution in [0.3, 0.4) is 0 Å². The third-order valence-electron chi connectivity index (χ3n) is 2.70. The average molecular weight is 205 g/mol. The van der Waals surface area contributed by atoms with Gasteiger partial charge in [0.05, 0.1) is 13.2 Å². The molecule has 3 N–H and O–H groups in total. The molecule has 80 valence electrons. The van der Waals surface area contributed by atoms with Gasteiger partial charge in [0.25, 0.3) is 0 Å². The molecule has 0 spiro atoms. The highest BCUT2D eigenvalue weighted by Gasteiger charge is 2.37. The molecule has 0 aromatic carbocycles. The lowest BCUT2D eigenvalue weighted by Crippen LogP contribution is -2.44. The number of nitrogens with two attached hydrogens (primary N) is 1. The number of aliphatic hydroxyl groups is 1. The molecule has 0 aromatic rings. The number of rotatable bonds is 4. The topological polar surface area (TPSA) is 55.5 Å². The molecule has 0 bridgehead atoms. The second-order valence-electron chi connectivity index (χ2n) is 5.01. The number of aliphatic hydroxyl groups excluding tert-OH is 1. The van der Waals surface area contributed by atoms with Crippen LogP contribution in [0.15, 0.2) is 0 Å². The standard InChI is InChI=1S/C9H23NO2Si/c1-9(2,3)13(4,5)12-7-8(10)6-11/h8,11H,6-7,10H2,1-5H3/t8-/m0/s1. The van der Waals surface area contributed by atoms with Crippen LogP contribution in [-0.4, -0.2) is 32.7 Å². The fraction of sp³-hybridized carbons (Fsp3) is 1.00. The van der Waals surface area contributed by atoms with Gasteiger partial charge in [-0.15, -0.1) is 0 Å². The Hall–Kier alpha value is 0.0969. The van der Waals surface area contributed by atoms with Gasteiger partial charge in [-0.3, -0.25) is 0 Å². The fourth-order valence-electron chi connectivity index (χ4n) is 0.585. The molecule has 4 heteroatoms. The van der Waals surface area contributed by atoms with Gasteiger partial charge in [0.2, 0.25) is 0 Å². The highest BCUT2D eigenvalue weighted by Crippen LogP contribution is 2.36. The normalized spacial score (nSPS) is 15.9. The van der Waals surface area contributed by atoms with Gasteiger partial charge in [0, 0.05) is 6.04 Å². The van der Waals surface area contributed by atoms with E-state index in [4.69, 9.17) is 15.3 Å². The van der Waals surface area contributed by atoms with Gasteiger partial charge in [-0.05, 0) is 18.1 Å². The van der Waals surface area contributed by atoms with Crippen LogP contribution in [0.1, 0.15) is 20.8 Å². The smallest absolute Gasteiger partial charge is 0.192 e. The Kier molecular flexibility index (Phi) is 4.58. The minimum Gasteiger partial charge on any atom is -0.415 e. The molecule has 0 radical (unpaired) electrons. The third kappa shape index (κ3) is 4.22. The first-order chi connectivity index (χ1) is 5.70. The van der Waals surface area contributed by atoms with Crippen molar-refractivity contribution in [2.45, 2.75) is 44.9 Å². The van der Waals surface area contributed by atoms with Crippen molar-refractivity contribution in [3.63, 3.8) is 0 Å². The second-order valence-corrected chi connectivity index (χ2v) is 9.82. The van der Waals surface area contributed by atoms with E-state index in [1.165, 1.54) is 0 Å². The molecule has 0 amide bonds. The minimum absolute atomic E-state index is 0.00533. The van der Waals surface area contributed by atoms with E-state index < -0.39 is 8.32 Å². The SMILES string of the molecule is CC(C)(C)[Si](C)(C)OC[C@@H](N)CO. The largest absolute Gasteiger partial charge is 0.415 e. The van der Waals surface area contributed by atoms with Gasteiger partial charge in [-0.1, -0.05) is 20.8 Å². The maximum atomic E-state index is 8.74. The molecule has 0 unspecified atom stereocenters. The predicted molar refractivity (Wildman–Crippen MR) is 58.2 cm³/mol. The zero-order chi connectivity index (χ0) is 10.7. The summed E-state index contributed by atoms with van der Waals surface area (Å²) < 4.78 is 5.80. The molecule has 3 nitrogen and oxygen atoms in total. The van der Waals surface area contributed by atoms with Crippen LogP contribution in [0.2, 0.25) is 18.1 Å². The predicted octanol–water partition coefficient (Wildman–Crippen LogP) is 1.33. The zero-order valence-corrected chi connectivity index (χ0v) is 10.4. The lowest BCUT2D eigenvalue weighted by Gasteiger charge is -2.36. The summed E-state index contributed by atoms with van der Waals surface area (Å²) in [5.41, 5.74) is 5.57. The molecule has 0 aliphatic rings. The molecular formula is C9H23NO2Si. The van der Waals surface area contributed by atoms with Crippen molar-refractivity contribution in [2.75, 3.05) is 13.2 Å². The van der Waals surface area contributed by atoms with Gasteiger partial charge >= 0.3 is 0 Å². The molecule has 0 fully saturated rings. The van der Waals surface area contributed by atoms with Crippen molar-refractivity contribution in [1.29, 1.82) is 0 Å². The molecule has 0 rings (SSSR count). The summed E-state index contributed by atoms with van der Waals surface area (Å²) in [6.45, 7) is 11.4. The molecule has 0 aromatic heterocycles. The minimum atomic E-state index is -1.68. The highest BCUT2D eigenvalue weighted by molar-refractivity contribution is 6.74. The first-order valence-corrected chi connectivity index (χ1v) is 7.62. The van der Waals surface area contributed by atoms with Gasteiger partial charge < -0.3 is 15.3 Å². The van der Waals surface area contributed by atoms with Crippen molar-refractivity contribution in [3.8, 4) is 0 Å². The monoisotopic (exact) mass is 205 g/mol. The van der Waals surface area contributed by atoms with E-state index in [2.05, 4.69) is 33.9 Å². The Balaban J connectivity index is 4.04. The van der Waals surface area contributed by atoms with Crippen molar-refractivity contribution in [3.05, 3.63) is 0 Å². The van der Waals surface area contributed by atoms with E-state index in [0.29, 0.717) is 6.61 Å². The average Bonchev–Trinajstić information content (AvgIpc) is 1.98. The molecule has 0 heterocycles. The third-order valence-corrected chi connectivity index (χ3v) is 7.20. The molecule has 13 heavy (non-hydrogen) atoms. The molecule has 0 saturated carbocycles. The Labute approximate surface area is 82.4 Å².